The Morgan fingerprint density at radius 3 is 1.84 bits per heavy atom. The molecule has 10 nitrogen and oxygen atoms in total. The van der Waals surface area contributed by atoms with Crippen molar-refractivity contribution in [1.29, 1.82) is 0 Å². The smallest absolute Gasteiger partial charge is 0.298 e. The number of nitrogens with two attached hydrogens (primary N) is 2. The van der Waals surface area contributed by atoms with Crippen LogP contribution in [0, 0.1) is 0 Å². The van der Waals surface area contributed by atoms with Crippen LogP contribution in [-0.2, 0) is 20.2 Å². The Bertz CT molecular complexity index is 1010. The molecule has 2 aromatic rings. The molecule has 138 valence electrons. The summed E-state index contributed by atoms with van der Waals surface area (Å²) >= 11 is 5.46. The monoisotopic (exact) mass is 412 g/mol. The highest BCUT2D eigenvalue weighted by Crippen LogP contribution is 2.32. The van der Waals surface area contributed by atoms with Crippen LogP contribution in [0.5, 0.6) is 11.5 Å². The van der Waals surface area contributed by atoms with E-state index >= 15 is 0 Å². The van der Waals surface area contributed by atoms with E-state index in [1.807, 2.05) is 0 Å². The number of rotatable bonds is 2. The quantitative estimate of drug-likeness (QED) is 0.235. The second kappa shape index (κ2) is 7.33. The van der Waals surface area contributed by atoms with Crippen LogP contribution in [0.1, 0.15) is 0 Å². The van der Waals surface area contributed by atoms with Gasteiger partial charge in [-0.2, -0.15) is 16.8 Å². The van der Waals surface area contributed by atoms with Crippen LogP contribution in [0.15, 0.2) is 40.1 Å². The lowest BCUT2D eigenvalue weighted by Crippen LogP contribution is -2.00. The van der Waals surface area contributed by atoms with Gasteiger partial charge in [-0.25, -0.2) is 0 Å². The molecule has 0 bridgehead atoms. The molecular formula is C12H13ClN2O8S2. The summed E-state index contributed by atoms with van der Waals surface area (Å²) < 4.78 is 59.5. The summed E-state index contributed by atoms with van der Waals surface area (Å²) in [6.45, 7) is 0. The summed E-state index contributed by atoms with van der Waals surface area (Å²) in [7, 11) is -8.73. The molecule has 13 heteroatoms. The van der Waals surface area contributed by atoms with E-state index < -0.39 is 30.9 Å². The van der Waals surface area contributed by atoms with Crippen molar-refractivity contribution in [1.82, 2.24) is 0 Å². The summed E-state index contributed by atoms with van der Waals surface area (Å²) in [4.78, 5) is -1.03. The molecule has 0 aliphatic carbocycles. The number of aromatic hydroxyl groups is 2. The van der Waals surface area contributed by atoms with Crippen LogP contribution in [0.3, 0.4) is 0 Å². The number of phenolic OH excluding ortho intramolecular Hbond substituents is 2. The Morgan fingerprint density at radius 2 is 1.40 bits per heavy atom. The highest BCUT2D eigenvalue weighted by atomic mass is 35.5. The van der Waals surface area contributed by atoms with E-state index in [0.29, 0.717) is 0 Å². The van der Waals surface area contributed by atoms with Crippen molar-refractivity contribution >= 4 is 43.2 Å². The van der Waals surface area contributed by atoms with Crippen LogP contribution in [0.4, 0.5) is 11.4 Å². The van der Waals surface area contributed by atoms with Crippen molar-refractivity contribution in [2.45, 2.75) is 9.79 Å². The second-order valence-electron chi connectivity index (χ2n) is 4.51. The van der Waals surface area contributed by atoms with Crippen LogP contribution in [-0.4, -0.2) is 36.2 Å². The molecular weight excluding hydrogens is 400 g/mol. The highest BCUT2D eigenvalue weighted by Gasteiger charge is 2.18. The Morgan fingerprint density at radius 1 is 0.840 bits per heavy atom. The maximum atomic E-state index is 10.6. The predicted molar refractivity (Wildman–Crippen MR) is 89.7 cm³/mol. The van der Waals surface area contributed by atoms with Gasteiger partial charge in [0.2, 0.25) is 0 Å². The lowest BCUT2D eigenvalue weighted by atomic mass is 10.3. The topological polar surface area (TPSA) is 201 Å². The molecule has 2 aromatic carbocycles. The van der Waals surface area contributed by atoms with Crippen molar-refractivity contribution in [2.75, 3.05) is 11.5 Å². The zero-order valence-corrected chi connectivity index (χ0v) is 14.5. The summed E-state index contributed by atoms with van der Waals surface area (Å²) in [5.41, 5.74) is 10.1. The normalized spacial score (nSPS) is 11.5. The van der Waals surface area contributed by atoms with Crippen molar-refractivity contribution < 1.29 is 36.2 Å². The van der Waals surface area contributed by atoms with Gasteiger partial charge < -0.3 is 21.7 Å². The molecule has 0 aromatic heterocycles. The van der Waals surface area contributed by atoms with Crippen LogP contribution < -0.4 is 11.5 Å². The van der Waals surface area contributed by atoms with Crippen LogP contribution in [0.2, 0.25) is 5.02 Å². The minimum absolute atomic E-state index is 0.0166. The van der Waals surface area contributed by atoms with E-state index in [1.165, 1.54) is 6.07 Å². The van der Waals surface area contributed by atoms with Crippen molar-refractivity contribution in [3.8, 4) is 11.5 Å². The number of nitrogen functional groups attached to an aromatic ring is 2. The first-order chi connectivity index (χ1) is 11.2. The third kappa shape index (κ3) is 5.65. The molecule has 25 heavy (non-hydrogen) atoms. The maximum absolute atomic E-state index is 10.6. The molecule has 0 atom stereocenters. The van der Waals surface area contributed by atoms with Gasteiger partial charge in [0.25, 0.3) is 20.2 Å². The largest absolute Gasteiger partial charge is 0.506 e. The molecule has 0 unspecified atom stereocenters. The van der Waals surface area contributed by atoms with Gasteiger partial charge in [0.1, 0.15) is 10.6 Å². The first kappa shape index (κ1) is 20.8. The number of halogens is 1. The molecule has 0 aliphatic heterocycles. The van der Waals surface area contributed by atoms with Gasteiger partial charge in [0, 0.05) is 5.02 Å². The standard InChI is InChI=1S/C6H6ClNO4S.C6H7NO4S/c7-3-1-4(8)6(9)5(2-3)13(10,11)12;7-5-3-4(12(9,10)11)1-2-6(5)8/h1-2,9H,8H2,(H,10,11,12);1-3,8H,7H2,(H,9,10,11). The Labute approximate surface area is 147 Å². The predicted octanol–water partition coefficient (Wildman–Crippen LogP) is 1.10. The number of phenols is 2. The van der Waals surface area contributed by atoms with E-state index in [0.717, 1.165) is 24.3 Å². The highest BCUT2D eigenvalue weighted by molar-refractivity contribution is 7.86. The van der Waals surface area contributed by atoms with E-state index in [-0.39, 0.29) is 27.0 Å². The fraction of sp³-hybridized carbons (Fsp3) is 0. The number of benzene rings is 2. The molecule has 0 heterocycles. The average Bonchev–Trinajstić information content (AvgIpc) is 2.44. The van der Waals surface area contributed by atoms with Crippen molar-refractivity contribution in [3.05, 3.63) is 35.4 Å². The second-order valence-corrected chi connectivity index (χ2v) is 7.76. The van der Waals surface area contributed by atoms with Crippen LogP contribution in [0.25, 0.3) is 0 Å². The van der Waals surface area contributed by atoms with Gasteiger partial charge in [-0.1, -0.05) is 11.6 Å². The van der Waals surface area contributed by atoms with E-state index in [4.69, 9.17) is 42.4 Å². The van der Waals surface area contributed by atoms with Gasteiger partial charge in [0.15, 0.2) is 5.75 Å². The van der Waals surface area contributed by atoms with Gasteiger partial charge in [-0.05, 0) is 30.3 Å². The number of anilines is 2. The summed E-state index contributed by atoms with van der Waals surface area (Å²) in [6.07, 6.45) is 0. The SMILES string of the molecule is Nc1cc(Cl)cc(S(=O)(=O)O)c1O.Nc1cc(S(=O)(=O)O)ccc1O. The van der Waals surface area contributed by atoms with Crippen molar-refractivity contribution in [3.63, 3.8) is 0 Å². The first-order valence-corrected chi connectivity index (χ1v) is 9.30. The molecule has 0 spiro atoms. The molecule has 8 N–H and O–H groups in total. The lowest BCUT2D eigenvalue weighted by molar-refractivity contribution is 0.445. The Kier molecular flexibility index (Phi) is 6.09. The van der Waals surface area contributed by atoms with Crippen LogP contribution >= 0.6 is 11.6 Å². The molecule has 2 rings (SSSR count). The summed E-state index contributed by atoms with van der Waals surface area (Å²) in [5, 5.41) is 18.1. The zero-order chi connectivity index (χ0) is 19.6. The maximum Gasteiger partial charge on any atom is 0.298 e. The molecule has 0 saturated carbocycles. The molecule has 0 amide bonds. The summed E-state index contributed by atoms with van der Waals surface area (Å²) in [5.74, 6) is -0.922. The van der Waals surface area contributed by atoms with Gasteiger partial charge in [0.05, 0.1) is 16.3 Å². The van der Waals surface area contributed by atoms with Gasteiger partial charge in [-0.3, -0.25) is 9.11 Å². The Balaban J connectivity index is 0.000000251. The van der Waals surface area contributed by atoms with Crippen molar-refractivity contribution in [2.24, 2.45) is 0 Å². The molecule has 0 radical (unpaired) electrons. The molecule has 0 saturated heterocycles. The Hall–Kier alpha value is -2.25. The van der Waals surface area contributed by atoms with Gasteiger partial charge in [-0.15, -0.1) is 0 Å². The van der Waals surface area contributed by atoms with E-state index in [2.05, 4.69) is 0 Å². The fourth-order valence-electron chi connectivity index (χ4n) is 1.48. The average molecular weight is 413 g/mol. The third-order valence-corrected chi connectivity index (χ3v) is 4.58. The minimum atomic E-state index is -4.49. The minimum Gasteiger partial charge on any atom is -0.506 e. The molecule has 0 aliphatic rings. The summed E-state index contributed by atoms with van der Waals surface area (Å²) in [6, 6.07) is 5.21. The first-order valence-electron chi connectivity index (χ1n) is 6.05. The number of hydrogen-bond donors (Lipinski definition) is 6. The van der Waals surface area contributed by atoms with E-state index in [1.54, 1.807) is 0 Å². The number of hydrogen-bond acceptors (Lipinski definition) is 8. The third-order valence-electron chi connectivity index (χ3n) is 2.64. The van der Waals surface area contributed by atoms with Gasteiger partial charge >= 0.3 is 0 Å². The lowest BCUT2D eigenvalue weighted by Gasteiger charge is -2.04. The molecule has 0 fully saturated rings. The zero-order valence-electron chi connectivity index (χ0n) is 12.2. The fourth-order valence-corrected chi connectivity index (χ4v) is 2.93. The van der Waals surface area contributed by atoms with E-state index in [9.17, 15) is 16.8 Å².